The summed E-state index contributed by atoms with van der Waals surface area (Å²) in [6.07, 6.45) is 6.61. The van der Waals surface area contributed by atoms with Gasteiger partial charge in [0.25, 0.3) is 0 Å². The maximum atomic E-state index is 14.4. The Morgan fingerprint density at radius 1 is 1.23 bits per heavy atom. The molecule has 1 N–H and O–H groups in total. The second-order valence-corrected chi connectivity index (χ2v) is 9.40. The van der Waals surface area contributed by atoms with E-state index in [-0.39, 0.29) is 23.1 Å². The van der Waals surface area contributed by atoms with E-state index in [1.54, 1.807) is 6.08 Å². The van der Waals surface area contributed by atoms with Crippen molar-refractivity contribution in [2.24, 2.45) is 32.9 Å². The molecule has 0 radical (unpaired) electrons. The normalized spacial score (nSPS) is 25.6. The molecule has 2 aliphatic rings. The Bertz CT molecular complexity index is 926. The van der Waals surface area contributed by atoms with Crippen molar-refractivity contribution in [2.75, 3.05) is 6.54 Å². The van der Waals surface area contributed by atoms with Crippen LogP contribution in [0.25, 0.3) is 5.70 Å². The molecule has 2 aliphatic carbocycles. The molecule has 166 valence electrons. The molecular formula is C25H31F2N3O. The molecule has 2 fully saturated rings. The van der Waals surface area contributed by atoms with E-state index in [0.29, 0.717) is 17.9 Å². The van der Waals surface area contributed by atoms with E-state index >= 15 is 0 Å². The van der Waals surface area contributed by atoms with Crippen molar-refractivity contribution in [3.05, 3.63) is 66.4 Å². The molecule has 0 aromatic heterocycles. The summed E-state index contributed by atoms with van der Waals surface area (Å²) in [7, 11) is 0. The average Bonchev–Trinajstić information content (AvgIpc) is 3.50. The van der Waals surface area contributed by atoms with E-state index in [4.69, 9.17) is 0 Å². The van der Waals surface area contributed by atoms with Crippen molar-refractivity contribution in [1.29, 1.82) is 0 Å². The Morgan fingerprint density at radius 2 is 1.87 bits per heavy atom. The van der Waals surface area contributed by atoms with E-state index < -0.39 is 22.5 Å². The predicted octanol–water partition coefficient (Wildman–Crippen LogP) is 6.43. The van der Waals surface area contributed by atoms with E-state index in [1.165, 1.54) is 37.2 Å². The third kappa shape index (κ3) is 4.53. The summed E-state index contributed by atoms with van der Waals surface area (Å²) in [5.41, 5.74) is -0.500. The van der Waals surface area contributed by atoms with Crippen LogP contribution in [0.15, 0.2) is 59.4 Å². The van der Waals surface area contributed by atoms with Crippen LogP contribution in [0.3, 0.4) is 0 Å². The van der Waals surface area contributed by atoms with Gasteiger partial charge in [0.15, 0.2) is 0 Å². The number of nitrogens with zero attached hydrogens (tertiary/aromatic N) is 2. The van der Waals surface area contributed by atoms with Gasteiger partial charge in [-0.2, -0.15) is 10.2 Å². The topological polar surface area (TPSA) is 53.8 Å². The average molecular weight is 428 g/mol. The molecule has 0 bridgehead atoms. The van der Waals surface area contributed by atoms with Gasteiger partial charge in [-0.25, -0.2) is 8.78 Å². The Balaban J connectivity index is 1.89. The van der Waals surface area contributed by atoms with Crippen molar-refractivity contribution in [2.45, 2.75) is 46.5 Å². The highest BCUT2D eigenvalue weighted by molar-refractivity contribution is 5.84. The smallest absolute Gasteiger partial charge is 0.226 e. The molecule has 1 unspecified atom stereocenters. The summed E-state index contributed by atoms with van der Waals surface area (Å²) < 4.78 is 28.8. The van der Waals surface area contributed by atoms with Crippen molar-refractivity contribution >= 4 is 11.6 Å². The minimum Gasteiger partial charge on any atom is -0.355 e. The molecule has 0 spiro atoms. The molecule has 2 atom stereocenters. The zero-order chi connectivity index (χ0) is 22.8. The van der Waals surface area contributed by atoms with Gasteiger partial charge in [-0.15, -0.1) is 0 Å². The summed E-state index contributed by atoms with van der Waals surface area (Å²) in [6.45, 7) is 14.5. The molecule has 2 saturated carbocycles. The van der Waals surface area contributed by atoms with E-state index in [9.17, 15) is 13.6 Å². The summed E-state index contributed by atoms with van der Waals surface area (Å²) in [4.78, 5) is 13.1. The fraction of sp³-hybridized carbons (Fsp3) is 0.480. The molecule has 31 heavy (non-hydrogen) atoms. The summed E-state index contributed by atoms with van der Waals surface area (Å²) in [5, 5.41) is 10.8. The van der Waals surface area contributed by atoms with Crippen molar-refractivity contribution < 1.29 is 13.6 Å². The lowest BCUT2D eigenvalue weighted by Gasteiger charge is -2.41. The molecule has 0 heterocycles. The SMILES string of the molecule is C=C/N=N\C(=C/C(=C)C1CC[C@](C)(C(=O)NCC2CC2)C1(C)C)c1c(F)cccc1F. The monoisotopic (exact) mass is 427 g/mol. The van der Waals surface area contributed by atoms with Crippen LogP contribution in [0, 0.1) is 34.3 Å². The van der Waals surface area contributed by atoms with Gasteiger partial charge in [0, 0.05) is 12.7 Å². The largest absolute Gasteiger partial charge is 0.355 e. The van der Waals surface area contributed by atoms with Crippen LogP contribution >= 0.6 is 0 Å². The molecule has 1 aromatic carbocycles. The zero-order valence-corrected chi connectivity index (χ0v) is 18.5. The van der Waals surface area contributed by atoms with Gasteiger partial charge in [0.1, 0.15) is 11.6 Å². The summed E-state index contributed by atoms with van der Waals surface area (Å²) >= 11 is 0. The maximum absolute atomic E-state index is 14.4. The third-order valence-electron chi connectivity index (χ3n) is 7.21. The van der Waals surface area contributed by atoms with Crippen LogP contribution in [-0.4, -0.2) is 12.5 Å². The van der Waals surface area contributed by atoms with Gasteiger partial charge in [-0.3, -0.25) is 4.79 Å². The summed E-state index contributed by atoms with van der Waals surface area (Å²) in [6, 6.07) is 3.66. The molecule has 1 amide bonds. The van der Waals surface area contributed by atoms with Gasteiger partial charge in [0.2, 0.25) is 5.91 Å². The number of amides is 1. The minimum atomic E-state index is -0.725. The van der Waals surface area contributed by atoms with Crippen LogP contribution in [0.4, 0.5) is 8.78 Å². The number of carbonyl (C=O) groups is 1. The number of allylic oxidation sites excluding steroid dienone is 2. The van der Waals surface area contributed by atoms with E-state index in [0.717, 1.165) is 13.0 Å². The fourth-order valence-electron chi connectivity index (χ4n) is 4.58. The lowest BCUT2D eigenvalue weighted by molar-refractivity contribution is -0.135. The number of benzene rings is 1. The van der Waals surface area contributed by atoms with E-state index in [2.05, 4.69) is 42.6 Å². The first-order chi connectivity index (χ1) is 14.6. The third-order valence-corrected chi connectivity index (χ3v) is 7.21. The highest BCUT2D eigenvalue weighted by atomic mass is 19.1. The van der Waals surface area contributed by atoms with Gasteiger partial charge in [-0.05, 0) is 66.7 Å². The van der Waals surface area contributed by atoms with Gasteiger partial charge >= 0.3 is 0 Å². The number of rotatable bonds is 8. The number of nitrogens with one attached hydrogen (secondary N) is 1. The standard InChI is InChI=1S/C25H31F2N3O/c1-6-29-30-21(22-19(26)8-7-9-20(22)27)14-16(2)18-12-13-25(5,24(18,3)4)23(31)28-15-17-10-11-17/h6-9,14,17-18H,1-2,10-13,15H2,3-5H3,(H,28,31)/b21-14-,30-29-/t18?,25-/m1/s1. The van der Waals surface area contributed by atoms with Crippen LogP contribution < -0.4 is 5.32 Å². The van der Waals surface area contributed by atoms with Crippen LogP contribution in [0.1, 0.15) is 52.0 Å². The number of hydrogen-bond donors (Lipinski definition) is 1. The predicted molar refractivity (Wildman–Crippen MR) is 119 cm³/mol. The Labute approximate surface area is 183 Å². The van der Waals surface area contributed by atoms with Gasteiger partial charge in [0.05, 0.1) is 16.7 Å². The van der Waals surface area contributed by atoms with Gasteiger partial charge in [-0.1, -0.05) is 40.0 Å². The highest BCUT2D eigenvalue weighted by Gasteiger charge is 2.56. The number of halogens is 2. The number of azo groups is 1. The lowest BCUT2D eigenvalue weighted by atomic mass is 9.63. The number of carbonyl (C=O) groups excluding carboxylic acids is 1. The van der Waals surface area contributed by atoms with Crippen LogP contribution in [0.5, 0.6) is 0 Å². The quantitative estimate of drug-likeness (QED) is 0.377. The molecule has 4 nitrogen and oxygen atoms in total. The van der Waals surface area contributed by atoms with Crippen molar-refractivity contribution in [3.63, 3.8) is 0 Å². The number of hydrogen-bond acceptors (Lipinski definition) is 3. The van der Waals surface area contributed by atoms with Gasteiger partial charge < -0.3 is 5.32 Å². The lowest BCUT2D eigenvalue weighted by Crippen LogP contribution is -2.47. The molecule has 0 saturated heterocycles. The highest BCUT2D eigenvalue weighted by Crippen LogP contribution is 2.58. The zero-order valence-electron chi connectivity index (χ0n) is 18.5. The molecule has 6 heteroatoms. The van der Waals surface area contributed by atoms with Crippen LogP contribution in [0.2, 0.25) is 0 Å². The molecule has 3 rings (SSSR count). The fourth-order valence-corrected chi connectivity index (χ4v) is 4.58. The molecule has 0 aliphatic heterocycles. The minimum absolute atomic E-state index is 0.0445. The second kappa shape index (κ2) is 8.85. The first-order valence-corrected chi connectivity index (χ1v) is 10.8. The first-order valence-electron chi connectivity index (χ1n) is 10.8. The molecular weight excluding hydrogens is 396 g/mol. The Morgan fingerprint density at radius 3 is 2.45 bits per heavy atom. The second-order valence-electron chi connectivity index (χ2n) is 9.40. The van der Waals surface area contributed by atoms with Crippen molar-refractivity contribution in [1.82, 2.24) is 5.32 Å². The summed E-state index contributed by atoms with van der Waals surface area (Å²) in [5.74, 6) is -0.823. The Hall–Kier alpha value is -2.63. The van der Waals surface area contributed by atoms with Crippen molar-refractivity contribution in [3.8, 4) is 0 Å². The maximum Gasteiger partial charge on any atom is 0.226 e. The molecule has 1 aromatic rings. The van der Waals surface area contributed by atoms with Crippen LogP contribution in [-0.2, 0) is 4.79 Å². The Kier molecular flexibility index (Phi) is 6.58. The first kappa shape index (κ1) is 23.0. The van der Waals surface area contributed by atoms with E-state index in [1.807, 2.05) is 6.92 Å².